The van der Waals surface area contributed by atoms with Crippen LogP contribution in [0.2, 0.25) is 0 Å². The summed E-state index contributed by atoms with van der Waals surface area (Å²) in [4.78, 5) is 11.6. The molecule has 12 heteroatoms. The quantitative estimate of drug-likeness (QED) is 0.233. The Balaban J connectivity index is 2.13. The number of rotatable bonds is 4. The first-order valence-electron chi connectivity index (χ1n) is 7.46. The number of hydrogen-bond donors (Lipinski definition) is 7. The number of methoxy groups -OCH3 is 1. The van der Waals surface area contributed by atoms with Crippen molar-refractivity contribution < 1.29 is 59.5 Å². The highest BCUT2D eigenvalue weighted by Crippen LogP contribution is 2.28. The lowest BCUT2D eigenvalue weighted by Crippen LogP contribution is -2.64. The van der Waals surface area contributed by atoms with E-state index in [0.29, 0.717) is 0 Å². The van der Waals surface area contributed by atoms with Crippen molar-refractivity contribution in [2.24, 2.45) is 0 Å². The van der Waals surface area contributed by atoms with Crippen LogP contribution in [0.1, 0.15) is 0 Å². The van der Waals surface area contributed by atoms with Crippen molar-refractivity contribution in [2.45, 2.75) is 61.4 Å². The van der Waals surface area contributed by atoms with Crippen LogP contribution in [0, 0.1) is 0 Å². The lowest BCUT2D eigenvalue weighted by molar-refractivity contribution is -0.358. The zero-order valence-electron chi connectivity index (χ0n) is 13.2. The van der Waals surface area contributed by atoms with Crippen LogP contribution in [0.3, 0.4) is 0 Å². The second-order valence-corrected chi connectivity index (χ2v) is 5.75. The number of hydrogen-bond acceptors (Lipinski definition) is 12. The summed E-state index contributed by atoms with van der Waals surface area (Å²) in [6.45, 7) is -0.681. The molecule has 2 aliphatic rings. The molecule has 0 saturated carbocycles. The van der Waals surface area contributed by atoms with E-state index < -0.39 is 74.0 Å². The van der Waals surface area contributed by atoms with Gasteiger partial charge in [-0.2, -0.15) is 0 Å². The van der Waals surface area contributed by atoms with Crippen molar-refractivity contribution in [1.29, 1.82) is 0 Å². The van der Waals surface area contributed by atoms with E-state index in [1.165, 1.54) is 0 Å². The summed E-state index contributed by atoms with van der Waals surface area (Å²) in [6.07, 6.45) is -17.0. The monoisotopic (exact) mass is 370 g/mol. The maximum Gasteiger partial charge on any atom is 0.337 e. The minimum absolute atomic E-state index is 0.681. The topological polar surface area (TPSA) is 196 Å². The van der Waals surface area contributed by atoms with Gasteiger partial charge in [0.05, 0.1) is 13.7 Å². The van der Waals surface area contributed by atoms with Gasteiger partial charge in [0.25, 0.3) is 0 Å². The number of carbonyl (C=O) groups excluding carboxylic acids is 1. The molecule has 0 amide bonds. The molecule has 25 heavy (non-hydrogen) atoms. The third-order valence-corrected chi connectivity index (χ3v) is 4.14. The molecule has 7 N–H and O–H groups in total. The third-order valence-electron chi connectivity index (χ3n) is 4.14. The molecule has 0 aliphatic carbocycles. The minimum atomic E-state index is -1.85. The fourth-order valence-electron chi connectivity index (χ4n) is 2.64. The standard InChI is InChI=1S/C13H22O12/c1-22-11(20)9-7(18)5(16)8(19)13(24-9)25-10-6(17)4(15)3(2-14)23-12(10)21/h3-10,12-19,21H,2H2,1H3/t3-,4+,5+,6+,7+,8-,9+,10-,12-,13+/m1/s1. The average Bonchev–Trinajstić information content (AvgIpc) is 2.60. The number of aliphatic hydroxyl groups excluding tert-OH is 7. The molecule has 2 fully saturated rings. The van der Waals surface area contributed by atoms with Crippen molar-refractivity contribution in [2.75, 3.05) is 13.7 Å². The Labute approximate surface area is 141 Å². The normalized spacial score (nSPS) is 48.2. The summed E-state index contributed by atoms with van der Waals surface area (Å²) >= 11 is 0. The van der Waals surface area contributed by atoms with Crippen LogP contribution in [0.25, 0.3) is 0 Å². The molecule has 0 aromatic carbocycles. The van der Waals surface area contributed by atoms with Crippen molar-refractivity contribution in [3.05, 3.63) is 0 Å². The van der Waals surface area contributed by atoms with E-state index in [1.807, 2.05) is 0 Å². The van der Waals surface area contributed by atoms with Gasteiger partial charge in [0.2, 0.25) is 0 Å². The summed E-state index contributed by atoms with van der Waals surface area (Å²) in [7, 11) is 1.01. The first-order valence-corrected chi connectivity index (χ1v) is 7.46. The van der Waals surface area contributed by atoms with Crippen molar-refractivity contribution in [3.63, 3.8) is 0 Å². The zero-order valence-corrected chi connectivity index (χ0v) is 13.2. The van der Waals surface area contributed by atoms with E-state index in [-0.39, 0.29) is 0 Å². The van der Waals surface area contributed by atoms with Gasteiger partial charge in [-0.15, -0.1) is 0 Å². The van der Waals surface area contributed by atoms with Crippen LogP contribution < -0.4 is 0 Å². The van der Waals surface area contributed by atoms with Crippen LogP contribution in [0.5, 0.6) is 0 Å². The van der Waals surface area contributed by atoms with Crippen LogP contribution in [0.4, 0.5) is 0 Å². The van der Waals surface area contributed by atoms with E-state index in [9.17, 15) is 35.4 Å². The molecule has 12 nitrogen and oxygen atoms in total. The SMILES string of the molecule is COC(=O)[C@H]1O[C@@H](O[C@@H]2[C@@H](O)[C@@H](O)[C@@H](CO)O[C@H]2O)[C@H](O)[C@@H](O)[C@@H]1O. The number of aliphatic hydroxyl groups is 7. The lowest BCUT2D eigenvalue weighted by Gasteiger charge is -2.44. The van der Waals surface area contributed by atoms with Crippen molar-refractivity contribution in [1.82, 2.24) is 0 Å². The molecule has 2 saturated heterocycles. The van der Waals surface area contributed by atoms with Crippen LogP contribution in [-0.2, 0) is 23.7 Å². The van der Waals surface area contributed by atoms with E-state index in [4.69, 9.17) is 19.3 Å². The number of carbonyl (C=O) groups is 1. The first kappa shape index (κ1) is 20.4. The summed E-state index contributed by atoms with van der Waals surface area (Å²) < 4.78 is 19.5. The predicted molar refractivity (Wildman–Crippen MR) is 73.5 cm³/mol. The summed E-state index contributed by atoms with van der Waals surface area (Å²) in [6, 6.07) is 0. The predicted octanol–water partition coefficient (Wildman–Crippen LogP) is -5.22. The van der Waals surface area contributed by atoms with E-state index in [2.05, 4.69) is 4.74 Å². The molecule has 0 spiro atoms. The Kier molecular flexibility index (Phi) is 6.67. The molecule has 2 aliphatic heterocycles. The molecule has 0 unspecified atom stereocenters. The molecule has 10 atom stereocenters. The highest BCUT2D eigenvalue weighted by molar-refractivity contribution is 5.75. The summed E-state index contributed by atoms with van der Waals surface area (Å²) in [5.74, 6) is -1.05. The van der Waals surface area contributed by atoms with Gasteiger partial charge in [-0.25, -0.2) is 4.79 Å². The van der Waals surface area contributed by atoms with Gasteiger partial charge >= 0.3 is 5.97 Å². The van der Waals surface area contributed by atoms with Crippen LogP contribution in [-0.4, -0.2) is 117 Å². The summed E-state index contributed by atoms with van der Waals surface area (Å²) in [5.41, 5.74) is 0. The Morgan fingerprint density at radius 1 is 0.920 bits per heavy atom. The average molecular weight is 370 g/mol. The fourth-order valence-corrected chi connectivity index (χ4v) is 2.64. The number of ether oxygens (including phenoxy) is 4. The maximum absolute atomic E-state index is 11.6. The Morgan fingerprint density at radius 3 is 2.12 bits per heavy atom. The van der Waals surface area contributed by atoms with Gasteiger partial charge in [-0.3, -0.25) is 0 Å². The minimum Gasteiger partial charge on any atom is -0.467 e. The molecule has 146 valence electrons. The Morgan fingerprint density at radius 2 is 1.56 bits per heavy atom. The summed E-state index contributed by atoms with van der Waals surface area (Å²) in [5, 5.41) is 68.2. The molecule has 0 aromatic rings. The van der Waals surface area contributed by atoms with Gasteiger partial charge in [-0.1, -0.05) is 0 Å². The molecule has 0 aromatic heterocycles. The first-order chi connectivity index (χ1) is 11.7. The van der Waals surface area contributed by atoms with Crippen molar-refractivity contribution >= 4 is 5.97 Å². The molecule has 2 rings (SSSR count). The van der Waals surface area contributed by atoms with E-state index in [0.717, 1.165) is 7.11 Å². The Bertz CT molecular complexity index is 460. The molecular weight excluding hydrogens is 348 g/mol. The van der Waals surface area contributed by atoms with Gasteiger partial charge < -0.3 is 54.7 Å². The fraction of sp³-hybridized carbons (Fsp3) is 0.923. The highest BCUT2D eigenvalue weighted by atomic mass is 16.7. The van der Waals surface area contributed by atoms with Gasteiger partial charge in [0.1, 0.15) is 42.7 Å². The largest absolute Gasteiger partial charge is 0.467 e. The molecule has 0 radical (unpaired) electrons. The Hall–Kier alpha value is -0.930. The smallest absolute Gasteiger partial charge is 0.337 e. The van der Waals surface area contributed by atoms with E-state index in [1.54, 1.807) is 0 Å². The molecular formula is C13H22O12. The second-order valence-electron chi connectivity index (χ2n) is 5.75. The van der Waals surface area contributed by atoms with Gasteiger partial charge in [-0.05, 0) is 0 Å². The van der Waals surface area contributed by atoms with E-state index >= 15 is 0 Å². The number of esters is 1. The maximum atomic E-state index is 11.6. The van der Waals surface area contributed by atoms with Crippen LogP contribution in [0.15, 0.2) is 0 Å². The molecule has 0 bridgehead atoms. The van der Waals surface area contributed by atoms with Crippen LogP contribution >= 0.6 is 0 Å². The van der Waals surface area contributed by atoms with Gasteiger partial charge in [0, 0.05) is 0 Å². The second kappa shape index (κ2) is 8.18. The zero-order chi connectivity index (χ0) is 18.9. The highest BCUT2D eigenvalue weighted by Gasteiger charge is 2.51. The lowest BCUT2D eigenvalue weighted by atomic mass is 9.97. The van der Waals surface area contributed by atoms with Gasteiger partial charge in [0.15, 0.2) is 18.7 Å². The third kappa shape index (κ3) is 3.93. The van der Waals surface area contributed by atoms with Crippen molar-refractivity contribution in [3.8, 4) is 0 Å². The molecule has 2 heterocycles.